The maximum Gasteiger partial charge on any atom is 0.330 e. The molecule has 0 spiro atoms. The summed E-state index contributed by atoms with van der Waals surface area (Å²) >= 11 is 0. The van der Waals surface area contributed by atoms with E-state index in [1.165, 1.54) is 10.8 Å². The topological polar surface area (TPSA) is 112 Å². The largest absolute Gasteiger partial charge is 0.497 e. The lowest BCUT2D eigenvalue weighted by Gasteiger charge is -2.46. The van der Waals surface area contributed by atoms with Crippen molar-refractivity contribution >= 4 is 16.1 Å². The molecule has 1 aromatic heterocycles. The van der Waals surface area contributed by atoms with E-state index < -0.39 is 50.6 Å². The molecule has 0 saturated carbocycles. The van der Waals surface area contributed by atoms with Gasteiger partial charge in [0.25, 0.3) is 5.56 Å². The van der Waals surface area contributed by atoms with Crippen molar-refractivity contribution in [2.45, 2.75) is 88.1 Å². The number of hydrogen-bond donors (Lipinski definition) is 2. The SMILES string of the molecule is CC[Si](CC)(CC)[C@]1(O)C[C@H](n2cc(C#C[Si](C)(C)C)c(=O)[nH]c2=O)O[C@@H]1COC(c1ccccc1)(c1ccc(OC)cc1)c1ccc(OC)cc1. The molecule has 5 rings (SSSR count). The van der Waals surface area contributed by atoms with Crippen LogP contribution in [0.25, 0.3) is 0 Å². The van der Waals surface area contributed by atoms with Gasteiger partial charge in [-0.05, 0) is 41.0 Å². The zero-order valence-corrected chi connectivity index (χ0v) is 33.6. The van der Waals surface area contributed by atoms with Crippen LogP contribution in [0.2, 0.25) is 37.8 Å². The van der Waals surface area contributed by atoms with Crippen molar-refractivity contribution in [1.29, 1.82) is 0 Å². The lowest BCUT2D eigenvalue weighted by Crippen LogP contribution is -2.63. The van der Waals surface area contributed by atoms with Gasteiger partial charge >= 0.3 is 5.69 Å². The van der Waals surface area contributed by atoms with Gasteiger partial charge in [-0.2, -0.15) is 0 Å². The van der Waals surface area contributed by atoms with E-state index in [2.05, 4.69) is 56.9 Å². The van der Waals surface area contributed by atoms with Gasteiger partial charge in [0.1, 0.15) is 43.1 Å². The van der Waals surface area contributed by atoms with E-state index in [0.29, 0.717) is 11.5 Å². The Bertz CT molecular complexity index is 1930. The minimum Gasteiger partial charge on any atom is -0.497 e. The molecule has 52 heavy (non-hydrogen) atoms. The summed E-state index contributed by atoms with van der Waals surface area (Å²) in [4.78, 5) is 28.7. The molecule has 2 N–H and O–H groups in total. The first-order valence-corrected chi connectivity index (χ1v) is 24.2. The number of H-pyrrole nitrogens is 1. The van der Waals surface area contributed by atoms with Crippen LogP contribution in [0.1, 0.15) is 55.7 Å². The van der Waals surface area contributed by atoms with Crippen LogP contribution in [0.5, 0.6) is 11.5 Å². The zero-order valence-electron chi connectivity index (χ0n) is 31.6. The van der Waals surface area contributed by atoms with Gasteiger partial charge in [-0.25, -0.2) is 4.79 Å². The minimum atomic E-state index is -2.48. The van der Waals surface area contributed by atoms with Gasteiger partial charge in [0.05, 0.1) is 34.1 Å². The molecule has 0 bridgehead atoms. The Hall–Kier alpha value is -4.19. The average Bonchev–Trinajstić information content (AvgIpc) is 3.49. The Morgan fingerprint density at radius 3 is 1.87 bits per heavy atom. The van der Waals surface area contributed by atoms with Gasteiger partial charge in [0.2, 0.25) is 0 Å². The molecule has 276 valence electrons. The summed E-state index contributed by atoms with van der Waals surface area (Å²) in [6.07, 6.45) is 0.0245. The number of methoxy groups -OCH3 is 2. The van der Waals surface area contributed by atoms with Crippen LogP contribution < -0.4 is 20.7 Å². The highest BCUT2D eigenvalue weighted by Crippen LogP contribution is 2.49. The molecule has 4 aromatic rings. The quantitative estimate of drug-likeness (QED) is 0.0876. The number of rotatable bonds is 13. The molecule has 0 radical (unpaired) electrons. The number of nitrogens with one attached hydrogen (secondary N) is 1. The van der Waals surface area contributed by atoms with Crippen LogP contribution in [0, 0.1) is 11.5 Å². The van der Waals surface area contributed by atoms with Crippen molar-refractivity contribution < 1.29 is 24.1 Å². The van der Waals surface area contributed by atoms with E-state index >= 15 is 0 Å². The molecule has 0 aliphatic carbocycles. The molecule has 1 fully saturated rings. The van der Waals surface area contributed by atoms with E-state index in [-0.39, 0.29) is 18.6 Å². The third kappa shape index (κ3) is 7.49. The van der Waals surface area contributed by atoms with Crippen molar-refractivity contribution in [2.24, 2.45) is 0 Å². The third-order valence-corrected chi connectivity index (χ3v) is 18.1. The van der Waals surface area contributed by atoms with Crippen LogP contribution in [-0.2, 0) is 15.1 Å². The number of aromatic amines is 1. The number of benzene rings is 3. The van der Waals surface area contributed by atoms with Gasteiger partial charge in [0.15, 0.2) is 0 Å². The summed E-state index contributed by atoms with van der Waals surface area (Å²) in [5.74, 6) is 4.43. The molecular weight excluding hydrogens is 689 g/mol. The highest BCUT2D eigenvalue weighted by molar-refractivity contribution is 6.84. The van der Waals surface area contributed by atoms with E-state index in [1.54, 1.807) is 14.2 Å². The number of nitrogens with zero attached hydrogens (tertiary/aromatic N) is 1. The summed E-state index contributed by atoms with van der Waals surface area (Å²) in [5, 5.41) is 11.8. The highest BCUT2D eigenvalue weighted by Gasteiger charge is 2.60. The number of ether oxygens (including phenoxy) is 4. The molecule has 1 saturated heterocycles. The first-order valence-electron chi connectivity index (χ1n) is 18.0. The summed E-state index contributed by atoms with van der Waals surface area (Å²) < 4.78 is 26.5. The second-order valence-electron chi connectivity index (χ2n) is 14.6. The lowest BCUT2D eigenvalue weighted by molar-refractivity contribution is -0.104. The molecule has 1 aliphatic rings. The van der Waals surface area contributed by atoms with Crippen LogP contribution >= 0.6 is 0 Å². The maximum absolute atomic E-state index is 13.4. The molecule has 3 aromatic carbocycles. The van der Waals surface area contributed by atoms with Crippen LogP contribution in [0.3, 0.4) is 0 Å². The summed E-state index contributed by atoms with van der Waals surface area (Å²) in [7, 11) is -1.03. The summed E-state index contributed by atoms with van der Waals surface area (Å²) in [6, 6.07) is 28.0. The first-order chi connectivity index (χ1) is 24.8. The lowest BCUT2D eigenvalue weighted by atomic mass is 9.80. The zero-order chi connectivity index (χ0) is 37.7. The van der Waals surface area contributed by atoms with Crippen molar-refractivity contribution in [2.75, 3.05) is 20.8 Å². The van der Waals surface area contributed by atoms with Crippen LogP contribution in [-0.4, -0.2) is 63.0 Å². The summed E-state index contributed by atoms with van der Waals surface area (Å²) in [6.45, 7) is 12.7. The van der Waals surface area contributed by atoms with E-state index in [9.17, 15) is 14.7 Å². The third-order valence-electron chi connectivity index (χ3n) is 10.8. The maximum atomic E-state index is 13.4. The second-order valence-corrected chi connectivity index (χ2v) is 24.9. The van der Waals surface area contributed by atoms with Crippen molar-refractivity contribution in [3.8, 4) is 23.0 Å². The molecule has 0 unspecified atom stereocenters. The Morgan fingerprint density at radius 2 is 1.38 bits per heavy atom. The molecule has 0 amide bonds. The van der Waals surface area contributed by atoms with Crippen LogP contribution in [0.4, 0.5) is 0 Å². The van der Waals surface area contributed by atoms with Crippen molar-refractivity contribution in [3.05, 3.63) is 128 Å². The highest BCUT2D eigenvalue weighted by atomic mass is 28.3. The van der Waals surface area contributed by atoms with Gasteiger partial charge in [-0.1, -0.05) is 119 Å². The average molecular weight is 741 g/mol. The van der Waals surface area contributed by atoms with E-state index in [4.69, 9.17) is 18.9 Å². The molecule has 1 aliphatic heterocycles. The van der Waals surface area contributed by atoms with Gasteiger partial charge in [0, 0.05) is 12.6 Å². The van der Waals surface area contributed by atoms with Gasteiger partial charge < -0.3 is 24.1 Å². The molecule has 3 atom stereocenters. The Kier molecular flexibility index (Phi) is 11.9. The number of aromatic nitrogens is 2. The minimum absolute atomic E-state index is 0.00902. The van der Waals surface area contributed by atoms with Crippen molar-refractivity contribution in [3.63, 3.8) is 0 Å². The monoisotopic (exact) mass is 740 g/mol. The molecule has 11 heteroatoms. The summed E-state index contributed by atoms with van der Waals surface area (Å²) in [5.41, 5.74) is 3.74. The fourth-order valence-electron chi connectivity index (χ4n) is 7.63. The standard InChI is InChI=1S/C41H52N2O7Si2/c1-9-52(10-2,11-3)40(46)27-37(43-28-30(25-26-51(6,7)8)38(44)42-39(43)45)50-36(40)29-49-41(31-15-13-12-14-16-31,32-17-21-34(47-4)22-18-32)33-19-23-35(48-5)24-20-33/h12-24,28,36-37,46H,9-11,27,29H2,1-8H3,(H,42,44,45)/t36-,37-,40-/m1/s1. The molecule has 2 heterocycles. The predicted octanol–water partition coefficient (Wildman–Crippen LogP) is 6.86. The Morgan fingerprint density at radius 1 is 0.865 bits per heavy atom. The van der Waals surface area contributed by atoms with E-state index in [0.717, 1.165) is 34.8 Å². The van der Waals surface area contributed by atoms with Crippen molar-refractivity contribution in [1.82, 2.24) is 9.55 Å². The Labute approximate surface area is 309 Å². The smallest absolute Gasteiger partial charge is 0.330 e. The molecule has 9 nitrogen and oxygen atoms in total. The van der Waals surface area contributed by atoms with E-state index in [1.807, 2.05) is 78.9 Å². The van der Waals surface area contributed by atoms with Gasteiger partial charge in [-0.3, -0.25) is 14.3 Å². The molecular formula is C41H52N2O7Si2. The number of aliphatic hydroxyl groups is 1. The fraction of sp³-hybridized carbons (Fsp3) is 0.415. The van der Waals surface area contributed by atoms with Crippen LogP contribution in [0.15, 0.2) is 94.6 Å². The fourth-order valence-corrected chi connectivity index (χ4v) is 12.9. The normalized spacial score (nSPS) is 19.2. The second kappa shape index (κ2) is 15.8. The number of hydrogen-bond acceptors (Lipinski definition) is 7. The predicted molar refractivity (Wildman–Crippen MR) is 210 cm³/mol. The first kappa shape index (κ1) is 39.0. The van der Waals surface area contributed by atoms with Gasteiger partial charge in [-0.15, -0.1) is 5.54 Å². The Balaban J connectivity index is 1.66.